The molecule has 2 amide bonds. The zero-order valence-electron chi connectivity index (χ0n) is 19.0. The number of fused-ring (bicyclic) bond motifs is 1. The van der Waals surface area contributed by atoms with Gasteiger partial charge in [-0.15, -0.1) is 0 Å². The summed E-state index contributed by atoms with van der Waals surface area (Å²) < 4.78 is 0. The van der Waals surface area contributed by atoms with Crippen LogP contribution in [0, 0.1) is 20.8 Å². The van der Waals surface area contributed by atoms with Gasteiger partial charge in [0.25, 0.3) is 11.8 Å². The van der Waals surface area contributed by atoms with Crippen molar-refractivity contribution in [3.8, 4) is 0 Å². The van der Waals surface area contributed by atoms with E-state index in [1.807, 2.05) is 45.0 Å². The second-order valence-electron chi connectivity index (χ2n) is 8.62. The molecule has 0 radical (unpaired) electrons. The van der Waals surface area contributed by atoms with Gasteiger partial charge in [0, 0.05) is 39.6 Å². The predicted molar refractivity (Wildman–Crippen MR) is 132 cm³/mol. The zero-order chi connectivity index (χ0) is 23.7. The van der Waals surface area contributed by atoms with Gasteiger partial charge >= 0.3 is 0 Å². The smallest absolute Gasteiger partial charge is 0.258 e. The third-order valence-electron chi connectivity index (χ3n) is 6.09. The van der Waals surface area contributed by atoms with Gasteiger partial charge in [-0.3, -0.25) is 9.59 Å². The van der Waals surface area contributed by atoms with E-state index in [0.717, 1.165) is 16.7 Å². The lowest BCUT2D eigenvalue weighted by Crippen LogP contribution is -2.32. The lowest BCUT2D eigenvalue weighted by atomic mass is 10.0. The molecule has 0 aliphatic carbocycles. The summed E-state index contributed by atoms with van der Waals surface area (Å²) in [6.07, 6.45) is 0.599. The van der Waals surface area contributed by atoms with Crippen LogP contribution in [0.1, 0.15) is 61.9 Å². The van der Waals surface area contributed by atoms with E-state index < -0.39 is 6.10 Å². The normalized spacial score (nSPS) is 15.5. The summed E-state index contributed by atoms with van der Waals surface area (Å²) in [4.78, 5) is 27.9. The van der Waals surface area contributed by atoms with Crippen molar-refractivity contribution in [2.24, 2.45) is 0 Å². The summed E-state index contributed by atoms with van der Waals surface area (Å²) in [5, 5.41) is 14.0. The number of hydrogen-bond donors (Lipinski definition) is 2. The van der Waals surface area contributed by atoms with Crippen molar-refractivity contribution in [2.75, 3.05) is 16.8 Å². The van der Waals surface area contributed by atoms with E-state index in [-0.39, 0.29) is 11.8 Å². The van der Waals surface area contributed by atoms with E-state index in [2.05, 4.69) is 5.32 Å². The lowest BCUT2D eigenvalue weighted by Gasteiger charge is -2.24. The van der Waals surface area contributed by atoms with Crippen molar-refractivity contribution in [1.29, 1.82) is 0 Å². The largest absolute Gasteiger partial charge is 0.388 e. The highest BCUT2D eigenvalue weighted by atomic mass is 35.5. The van der Waals surface area contributed by atoms with E-state index in [1.165, 1.54) is 0 Å². The summed E-state index contributed by atoms with van der Waals surface area (Å²) in [6, 6.07) is 16.3. The number of amides is 2. The number of aliphatic hydroxyl groups is 1. The molecule has 1 heterocycles. The highest BCUT2D eigenvalue weighted by Gasteiger charge is 2.27. The summed E-state index contributed by atoms with van der Waals surface area (Å²) in [5.74, 6) is -0.323. The molecule has 5 nitrogen and oxygen atoms in total. The van der Waals surface area contributed by atoms with Crippen molar-refractivity contribution in [3.63, 3.8) is 0 Å². The van der Waals surface area contributed by atoms with Crippen molar-refractivity contribution in [2.45, 2.75) is 39.7 Å². The van der Waals surface area contributed by atoms with Crippen LogP contribution in [-0.4, -0.2) is 23.5 Å². The molecule has 0 fully saturated rings. The Hall–Kier alpha value is -3.15. The Labute approximate surface area is 199 Å². The summed E-state index contributed by atoms with van der Waals surface area (Å²) >= 11 is 6.14. The molecular formula is C27H27ClN2O3. The maximum absolute atomic E-state index is 13.5. The van der Waals surface area contributed by atoms with E-state index in [1.54, 1.807) is 35.2 Å². The molecule has 6 heteroatoms. The fraction of sp³-hybridized carbons (Fsp3) is 0.259. The molecule has 2 N–H and O–H groups in total. The van der Waals surface area contributed by atoms with Crippen LogP contribution in [0.25, 0.3) is 0 Å². The van der Waals surface area contributed by atoms with Gasteiger partial charge in [0.05, 0.1) is 6.10 Å². The first-order chi connectivity index (χ1) is 15.7. The first kappa shape index (κ1) is 23.0. The van der Waals surface area contributed by atoms with Crippen LogP contribution in [0.4, 0.5) is 11.4 Å². The van der Waals surface area contributed by atoms with Crippen LogP contribution in [0.3, 0.4) is 0 Å². The van der Waals surface area contributed by atoms with Gasteiger partial charge in [-0.1, -0.05) is 29.3 Å². The maximum atomic E-state index is 13.5. The zero-order valence-corrected chi connectivity index (χ0v) is 19.7. The van der Waals surface area contributed by atoms with Crippen LogP contribution in [0.5, 0.6) is 0 Å². The number of nitrogens with one attached hydrogen (secondary N) is 1. The molecular weight excluding hydrogens is 436 g/mol. The van der Waals surface area contributed by atoms with Crippen LogP contribution in [0.2, 0.25) is 5.02 Å². The summed E-state index contributed by atoms with van der Waals surface area (Å²) in [5.41, 5.74) is 5.94. The minimum absolute atomic E-state index is 0.141. The summed E-state index contributed by atoms with van der Waals surface area (Å²) in [7, 11) is 0. The number of aryl methyl sites for hydroxylation is 3. The molecule has 0 bridgehead atoms. The van der Waals surface area contributed by atoms with E-state index >= 15 is 0 Å². The van der Waals surface area contributed by atoms with Gasteiger partial charge < -0.3 is 15.3 Å². The van der Waals surface area contributed by atoms with E-state index in [4.69, 9.17) is 11.6 Å². The average Bonchev–Trinajstić information content (AvgIpc) is 2.92. The van der Waals surface area contributed by atoms with Gasteiger partial charge in [-0.05, 0) is 87.2 Å². The Bertz CT molecular complexity index is 1240. The van der Waals surface area contributed by atoms with Crippen LogP contribution >= 0.6 is 11.6 Å². The van der Waals surface area contributed by atoms with Crippen LogP contribution in [0.15, 0.2) is 54.6 Å². The quantitative estimate of drug-likeness (QED) is 0.502. The van der Waals surface area contributed by atoms with E-state index in [0.29, 0.717) is 52.5 Å². The fourth-order valence-corrected chi connectivity index (χ4v) is 4.54. The van der Waals surface area contributed by atoms with Crippen molar-refractivity contribution in [3.05, 3.63) is 93.0 Å². The van der Waals surface area contributed by atoms with Crippen LogP contribution in [-0.2, 0) is 0 Å². The number of carbonyl (C=O) groups is 2. The van der Waals surface area contributed by atoms with E-state index in [9.17, 15) is 14.7 Å². The number of rotatable bonds is 3. The Kier molecular flexibility index (Phi) is 6.54. The Morgan fingerprint density at radius 2 is 1.70 bits per heavy atom. The molecule has 33 heavy (non-hydrogen) atoms. The fourth-order valence-electron chi connectivity index (χ4n) is 4.36. The molecule has 1 aliphatic heterocycles. The first-order valence-corrected chi connectivity index (χ1v) is 11.4. The van der Waals surface area contributed by atoms with Gasteiger partial charge in [0.15, 0.2) is 0 Å². The summed E-state index contributed by atoms with van der Waals surface area (Å²) in [6.45, 7) is 6.27. The van der Waals surface area contributed by atoms with Gasteiger partial charge in [0.1, 0.15) is 0 Å². The van der Waals surface area contributed by atoms with Crippen molar-refractivity contribution in [1.82, 2.24) is 0 Å². The SMILES string of the molecule is Cc1ccc(C(=O)Nc2ccc(C(=O)N3CCCC(O)c4cc(Cl)ccc43)c(C)c2)c(C)c1. The molecule has 1 aliphatic rings. The second kappa shape index (κ2) is 9.38. The highest BCUT2D eigenvalue weighted by molar-refractivity contribution is 6.30. The third kappa shape index (κ3) is 4.80. The monoisotopic (exact) mass is 462 g/mol. The molecule has 0 saturated carbocycles. The highest BCUT2D eigenvalue weighted by Crippen LogP contribution is 2.36. The minimum atomic E-state index is -0.652. The Balaban J connectivity index is 1.59. The van der Waals surface area contributed by atoms with Gasteiger partial charge in [-0.2, -0.15) is 0 Å². The molecule has 0 saturated heterocycles. The molecule has 3 aromatic rings. The lowest BCUT2D eigenvalue weighted by molar-refractivity contribution is 0.0985. The van der Waals surface area contributed by atoms with Crippen molar-refractivity contribution >= 4 is 34.8 Å². The number of aliphatic hydroxyl groups excluding tert-OH is 1. The molecule has 4 rings (SSSR count). The number of carbonyl (C=O) groups excluding carboxylic acids is 2. The molecule has 170 valence electrons. The standard InChI is InChI=1S/C27H27ClN2O3/c1-16-6-9-21(17(2)13-16)26(32)29-20-8-10-22(18(3)14-20)27(33)30-12-4-5-25(31)23-15-19(28)7-11-24(23)30/h6-11,13-15,25,31H,4-5,12H2,1-3H3,(H,29,32). The first-order valence-electron chi connectivity index (χ1n) is 11.0. The molecule has 1 atom stereocenters. The molecule has 1 unspecified atom stereocenters. The molecule has 0 spiro atoms. The predicted octanol–water partition coefficient (Wildman–Crippen LogP) is 5.99. The van der Waals surface area contributed by atoms with Gasteiger partial charge in [-0.25, -0.2) is 0 Å². The number of benzene rings is 3. The topological polar surface area (TPSA) is 69.6 Å². The number of halogens is 1. The number of nitrogens with zero attached hydrogens (tertiary/aromatic N) is 1. The van der Waals surface area contributed by atoms with Crippen LogP contribution < -0.4 is 10.2 Å². The van der Waals surface area contributed by atoms with Crippen molar-refractivity contribution < 1.29 is 14.7 Å². The number of hydrogen-bond acceptors (Lipinski definition) is 3. The van der Waals surface area contributed by atoms with Gasteiger partial charge in [0.2, 0.25) is 0 Å². The maximum Gasteiger partial charge on any atom is 0.258 e. The molecule has 3 aromatic carbocycles. The Morgan fingerprint density at radius 1 is 0.970 bits per heavy atom. The average molecular weight is 463 g/mol. The molecule has 0 aromatic heterocycles. The third-order valence-corrected chi connectivity index (χ3v) is 6.32. The minimum Gasteiger partial charge on any atom is -0.388 e. The second-order valence-corrected chi connectivity index (χ2v) is 9.06. The Morgan fingerprint density at radius 3 is 2.42 bits per heavy atom. The number of anilines is 2.